The van der Waals surface area contributed by atoms with E-state index in [4.69, 9.17) is 9.84 Å². The highest BCUT2D eigenvalue weighted by Gasteiger charge is 2.32. The Labute approximate surface area is 114 Å². The van der Waals surface area contributed by atoms with E-state index in [1.54, 1.807) is 26.8 Å². The minimum absolute atomic E-state index is 0.333. The minimum Gasteiger partial charge on any atom is -0.480 e. The van der Waals surface area contributed by atoms with E-state index in [9.17, 15) is 9.59 Å². The van der Waals surface area contributed by atoms with Crippen molar-refractivity contribution in [1.29, 1.82) is 0 Å². The predicted octanol–water partition coefficient (Wildman–Crippen LogP) is 1.38. The summed E-state index contributed by atoms with van der Waals surface area (Å²) in [5.41, 5.74) is -0.552. The average molecular weight is 272 g/mol. The molecule has 0 aromatic carbocycles. The van der Waals surface area contributed by atoms with Crippen LogP contribution in [0, 0.1) is 5.41 Å². The van der Waals surface area contributed by atoms with E-state index in [1.807, 2.05) is 0 Å². The second-order valence-corrected chi connectivity index (χ2v) is 5.23. The third kappa shape index (κ3) is 8.20. The number of nitrogens with one attached hydrogen (secondary N) is 2. The van der Waals surface area contributed by atoms with Gasteiger partial charge in [-0.15, -0.1) is 6.58 Å². The van der Waals surface area contributed by atoms with Crippen molar-refractivity contribution < 1.29 is 19.4 Å². The summed E-state index contributed by atoms with van der Waals surface area (Å²) in [4.78, 5) is 22.6. The van der Waals surface area contributed by atoms with Gasteiger partial charge in [0.1, 0.15) is 6.04 Å². The Kier molecular flexibility index (Phi) is 7.83. The summed E-state index contributed by atoms with van der Waals surface area (Å²) in [5.74, 6) is -1.05. The van der Waals surface area contributed by atoms with E-state index in [2.05, 4.69) is 17.2 Å². The largest absolute Gasteiger partial charge is 0.480 e. The van der Waals surface area contributed by atoms with Crippen molar-refractivity contribution in [1.82, 2.24) is 10.6 Å². The number of rotatable bonds is 8. The summed E-state index contributed by atoms with van der Waals surface area (Å²) in [6, 6.07) is -1.44. The Bertz CT molecular complexity index is 310. The van der Waals surface area contributed by atoms with Gasteiger partial charge in [0.05, 0.1) is 13.2 Å². The van der Waals surface area contributed by atoms with Gasteiger partial charge < -0.3 is 20.5 Å². The lowest BCUT2D eigenvalue weighted by Crippen LogP contribution is -2.52. The maximum atomic E-state index is 11.5. The fourth-order valence-electron chi connectivity index (χ4n) is 1.34. The van der Waals surface area contributed by atoms with Gasteiger partial charge in [0.15, 0.2) is 0 Å². The van der Waals surface area contributed by atoms with Crippen LogP contribution in [0.5, 0.6) is 0 Å². The second-order valence-electron chi connectivity index (χ2n) is 5.23. The molecule has 6 heteroatoms. The van der Waals surface area contributed by atoms with Gasteiger partial charge in [-0.05, 0) is 11.8 Å². The average Bonchev–Trinajstić information content (AvgIpc) is 2.28. The van der Waals surface area contributed by atoms with Crippen LogP contribution in [-0.2, 0) is 9.53 Å². The summed E-state index contributed by atoms with van der Waals surface area (Å²) < 4.78 is 5.21. The highest BCUT2D eigenvalue weighted by molar-refractivity contribution is 5.83. The van der Waals surface area contributed by atoms with Gasteiger partial charge in [0.2, 0.25) is 0 Å². The zero-order chi connectivity index (χ0) is 14.9. The zero-order valence-corrected chi connectivity index (χ0v) is 11.9. The van der Waals surface area contributed by atoms with Crippen LogP contribution in [-0.4, -0.2) is 42.9 Å². The molecule has 0 saturated heterocycles. The number of carboxylic acid groups (broad SMARTS) is 1. The molecule has 0 heterocycles. The maximum Gasteiger partial charge on any atom is 0.326 e. The van der Waals surface area contributed by atoms with Gasteiger partial charge >= 0.3 is 12.0 Å². The van der Waals surface area contributed by atoms with Crippen LogP contribution in [0.3, 0.4) is 0 Å². The van der Waals surface area contributed by atoms with Gasteiger partial charge in [0, 0.05) is 6.54 Å². The number of carbonyl (C=O) groups is 2. The summed E-state index contributed by atoms with van der Waals surface area (Å²) in [5, 5.41) is 14.0. The van der Waals surface area contributed by atoms with E-state index >= 15 is 0 Å². The fraction of sp³-hybridized carbons (Fsp3) is 0.692. The van der Waals surface area contributed by atoms with Crippen LogP contribution in [0.15, 0.2) is 12.7 Å². The van der Waals surface area contributed by atoms with E-state index in [0.717, 1.165) is 6.42 Å². The molecule has 19 heavy (non-hydrogen) atoms. The molecule has 2 amide bonds. The zero-order valence-electron chi connectivity index (χ0n) is 11.9. The van der Waals surface area contributed by atoms with Gasteiger partial charge in [-0.3, -0.25) is 0 Å². The van der Waals surface area contributed by atoms with E-state index < -0.39 is 23.5 Å². The second kappa shape index (κ2) is 8.53. The molecule has 0 aliphatic heterocycles. The molecule has 0 aliphatic rings. The summed E-state index contributed by atoms with van der Waals surface area (Å²) in [6.45, 7) is 10.1. The van der Waals surface area contributed by atoms with Crippen LogP contribution in [0.1, 0.15) is 27.2 Å². The lowest BCUT2D eigenvalue weighted by atomic mass is 9.87. The molecule has 3 N–H and O–H groups in total. The van der Waals surface area contributed by atoms with Gasteiger partial charge in [0.25, 0.3) is 0 Å². The molecule has 0 unspecified atom stereocenters. The fourth-order valence-corrected chi connectivity index (χ4v) is 1.34. The smallest absolute Gasteiger partial charge is 0.326 e. The Morgan fingerprint density at radius 1 is 1.37 bits per heavy atom. The molecule has 0 aromatic rings. The predicted molar refractivity (Wildman–Crippen MR) is 73.0 cm³/mol. The van der Waals surface area contributed by atoms with Crippen molar-refractivity contribution in [3.8, 4) is 0 Å². The first-order chi connectivity index (χ1) is 8.79. The Hall–Kier alpha value is -1.56. The first kappa shape index (κ1) is 17.4. The molecule has 0 aromatic heterocycles. The molecule has 0 spiro atoms. The van der Waals surface area contributed by atoms with Crippen LogP contribution in [0.4, 0.5) is 4.79 Å². The number of aliphatic carboxylic acids is 1. The number of hydrogen-bond donors (Lipinski definition) is 3. The van der Waals surface area contributed by atoms with Crippen LogP contribution < -0.4 is 10.6 Å². The van der Waals surface area contributed by atoms with E-state index in [1.165, 1.54) is 0 Å². The molecule has 0 aliphatic carbocycles. The highest BCUT2D eigenvalue weighted by atomic mass is 16.5. The van der Waals surface area contributed by atoms with E-state index in [0.29, 0.717) is 19.8 Å². The standard InChI is InChI=1S/C13H24N2O4/c1-5-6-8-19-9-7-14-12(18)15-10(11(16)17)13(2,3)4/h5,10H,1,6-9H2,2-4H3,(H,16,17)(H2,14,15,18)/t10-/m0/s1. The van der Waals surface area contributed by atoms with Crippen molar-refractivity contribution in [2.45, 2.75) is 33.2 Å². The Balaban J connectivity index is 3.95. The van der Waals surface area contributed by atoms with Gasteiger partial charge in [-0.1, -0.05) is 26.8 Å². The number of carbonyl (C=O) groups excluding carboxylic acids is 1. The molecule has 6 nitrogen and oxygen atoms in total. The first-order valence-electron chi connectivity index (χ1n) is 6.25. The van der Waals surface area contributed by atoms with Crippen molar-refractivity contribution >= 4 is 12.0 Å². The molecule has 1 atom stereocenters. The number of hydrogen-bond acceptors (Lipinski definition) is 3. The molecule has 0 radical (unpaired) electrons. The molecule has 0 fully saturated rings. The van der Waals surface area contributed by atoms with Crippen molar-refractivity contribution in [2.24, 2.45) is 5.41 Å². The van der Waals surface area contributed by atoms with E-state index in [-0.39, 0.29) is 0 Å². The monoisotopic (exact) mass is 272 g/mol. The number of urea groups is 1. The lowest BCUT2D eigenvalue weighted by molar-refractivity contribution is -0.141. The number of carboxylic acids is 1. The lowest BCUT2D eigenvalue weighted by Gasteiger charge is -2.27. The van der Waals surface area contributed by atoms with Crippen LogP contribution >= 0.6 is 0 Å². The Morgan fingerprint density at radius 3 is 2.47 bits per heavy atom. The topological polar surface area (TPSA) is 87.7 Å². The maximum absolute atomic E-state index is 11.5. The molecule has 110 valence electrons. The van der Waals surface area contributed by atoms with Crippen LogP contribution in [0.2, 0.25) is 0 Å². The highest BCUT2D eigenvalue weighted by Crippen LogP contribution is 2.19. The molecular formula is C13H24N2O4. The molecular weight excluding hydrogens is 248 g/mol. The molecule has 0 bridgehead atoms. The third-order valence-electron chi connectivity index (χ3n) is 2.39. The first-order valence-corrected chi connectivity index (χ1v) is 6.25. The SMILES string of the molecule is C=CCCOCCNC(=O)N[C@@H](C(=O)O)C(C)(C)C. The van der Waals surface area contributed by atoms with Crippen LogP contribution in [0.25, 0.3) is 0 Å². The molecule has 0 saturated carbocycles. The van der Waals surface area contributed by atoms with Crippen molar-refractivity contribution in [3.63, 3.8) is 0 Å². The molecule has 0 rings (SSSR count). The normalized spacial score (nSPS) is 12.6. The summed E-state index contributed by atoms with van der Waals surface area (Å²) >= 11 is 0. The third-order valence-corrected chi connectivity index (χ3v) is 2.39. The van der Waals surface area contributed by atoms with Gasteiger partial charge in [-0.25, -0.2) is 9.59 Å². The minimum atomic E-state index is -1.05. The van der Waals surface area contributed by atoms with Crippen molar-refractivity contribution in [3.05, 3.63) is 12.7 Å². The van der Waals surface area contributed by atoms with Gasteiger partial charge in [-0.2, -0.15) is 0 Å². The quantitative estimate of drug-likeness (QED) is 0.460. The Morgan fingerprint density at radius 2 is 2.00 bits per heavy atom. The summed E-state index contributed by atoms with van der Waals surface area (Å²) in [7, 11) is 0. The number of ether oxygens (including phenoxy) is 1. The summed E-state index contributed by atoms with van der Waals surface area (Å²) in [6.07, 6.45) is 2.51. The number of amides is 2. The van der Waals surface area contributed by atoms with Crippen molar-refractivity contribution in [2.75, 3.05) is 19.8 Å².